The Morgan fingerprint density at radius 3 is 2.75 bits per heavy atom. The summed E-state index contributed by atoms with van der Waals surface area (Å²) in [6.07, 6.45) is 2.53. The lowest BCUT2D eigenvalue weighted by Gasteiger charge is -2.16. The van der Waals surface area contributed by atoms with Gasteiger partial charge in [-0.1, -0.05) is 6.07 Å². The largest absolute Gasteiger partial charge is 0.301 e. The quantitative estimate of drug-likeness (QED) is 0.887. The molecule has 1 fully saturated rings. The molecule has 1 heterocycles. The maximum absolute atomic E-state index is 13.1. The zero-order valence-electron chi connectivity index (χ0n) is 11.3. The molecule has 1 aliphatic heterocycles. The van der Waals surface area contributed by atoms with Gasteiger partial charge in [0, 0.05) is 19.1 Å². The topological polar surface area (TPSA) is 49.4 Å². The molecule has 20 heavy (non-hydrogen) atoms. The maximum atomic E-state index is 13.1. The van der Waals surface area contributed by atoms with Crippen LogP contribution in [0.15, 0.2) is 18.2 Å². The molecule has 0 unspecified atom stereocenters. The second-order valence-electron chi connectivity index (χ2n) is 5.17. The summed E-state index contributed by atoms with van der Waals surface area (Å²) < 4.78 is 50.7. The van der Waals surface area contributed by atoms with Crippen molar-refractivity contribution < 1.29 is 17.2 Å². The maximum Gasteiger partial charge on any atom is 0.208 e. The molecule has 0 aromatic heterocycles. The lowest BCUT2D eigenvalue weighted by atomic mass is 10.1. The predicted molar refractivity (Wildman–Crippen MR) is 72.9 cm³/mol. The number of hydrogen-bond donors (Lipinski definition) is 1. The average molecular weight is 304 g/mol. The lowest BCUT2D eigenvalue weighted by molar-refractivity contribution is 0.336. The van der Waals surface area contributed by atoms with E-state index in [1.54, 1.807) is 6.07 Å². The first-order chi connectivity index (χ1) is 9.33. The minimum Gasteiger partial charge on any atom is -0.301 e. The van der Waals surface area contributed by atoms with E-state index in [0.29, 0.717) is 19.5 Å². The van der Waals surface area contributed by atoms with Gasteiger partial charge in [0.15, 0.2) is 11.6 Å². The van der Waals surface area contributed by atoms with Crippen molar-refractivity contribution in [3.8, 4) is 0 Å². The Bertz CT molecular complexity index is 578. The summed E-state index contributed by atoms with van der Waals surface area (Å²) in [4.78, 5) is 2.12. The smallest absolute Gasteiger partial charge is 0.208 e. The second kappa shape index (κ2) is 6.15. The van der Waals surface area contributed by atoms with E-state index < -0.39 is 21.7 Å². The van der Waals surface area contributed by atoms with Gasteiger partial charge < -0.3 is 4.90 Å². The third-order valence-corrected chi connectivity index (χ3v) is 4.12. The molecule has 7 heteroatoms. The highest BCUT2D eigenvalue weighted by Crippen LogP contribution is 2.13. The summed E-state index contributed by atoms with van der Waals surface area (Å²) in [5, 5.41) is 0. The van der Waals surface area contributed by atoms with Crippen LogP contribution in [0.5, 0.6) is 0 Å². The van der Waals surface area contributed by atoms with Gasteiger partial charge in [0.05, 0.1) is 6.26 Å². The Morgan fingerprint density at radius 2 is 2.10 bits per heavy atom. The first-order valence-electron chi connectivity index (χ1n) is 6.47. The number of benzene rings is 1. The summed E-state index contributed by atoms with van der Waals surface area (Å²) >= 11 is 0. The van der Waals surface area contributed by atoms with Crippen LogP contribution in [-0.2, 0) is 16.4 Å². The van der Waals surface area contributed by atoms with Gasteiger partial charge in [-0.25, -0.2) is 21.9 Å². The van der Waals surface area contributed by atoms with Crippen molar-refractivity contribution in [1.82, 2.24) is 9.62 Å². The number of sulfonamides is 1. The van der Waals surface area contributed by atoms with Crippen molar-refractivity contribution in [3.05, 3.63) is 35.4 Å². The third kappa shape index (κ3) is 4.50. The Hall–Kier alpha value is -1.05. The van der Waals surface area contributed by atoms with E-state index in [9.17, 15) is 17.2 Å². The monoisotopic (exact) mass is 304 g/mol. The van der Waals surface area contributed by atoms with Crippen LogP contribution in [0.4, 0.5) is 8.78 Å². The van der Waals surface area contributed by atoms with Crippen LogP contribution in [0.25, 0.3) is 0 Å². The number of nitrogens with one attached hydrogen (secondary N) is 1. The molecule has 0 amide bonds. The molecule has 1 N–H and O–H groups in total. The Kier molecular flexibility index (Phi) is 4.72. The molecule has 0 bridgehead atoms. The Balaban J connectivity index is 1.82. The molecule has 0 radical (unpaired) electrons. The SMILES string of the molecule is CS(=O)(=O)N[C@H]1CCN(CCc2ccc(F)c(F)c2)C1. The summed E-state index contributed by atoms with van der Waals surface area (Å²) in [6.45, 7) is 2.15. The van der Waals surface area contributed by atoms with Crippen molar-refractivity contribution in [2.24, 2.45) is 0 Å². The predicted octanol–water partition coefficient (Wildman–Crippen LogP) is 1.13. The van der Waals surface area contributed by atoms with E-state index in [-0.39, 0.29) is 6.04 Å². The molecule has 1 aliphatic rings. The summed E-state index contributed by atoms with van der Waals surface area (Å²) in [6, 6.07) is 3.84. The zero-order valence-corrected chi connectivity index (χ0v) is 12.1. The minimum atomic E-state index is -3.18. The fourth-order valence-corrected chi connectivity index (χ4v) is 3.21. The van der Waals surface area contributed by atoms with Crippen LogP contribution in [-0.4, -0.2) is 45.2 Å². The molecule has 1 aromatic rings. The van der Waals surface area contributed by atoms with Crippen molar-refractivity contribution in [2.75, 3.05) is 25.9 Å². The van der Waals surface area contributed by atoms with Crippen molar-refractivity contribution in [2.45, 2.75) is 18.9 Å². The molecule has 1 aromatic carbocycles. The summed E-state index contributed by atoms with van der Waals surface area (Å²) in [5.74, 6) is -1.67. The molecule has 112 valence electrons. The molecule has 1 atom stereocenters. The Morgan fingerprint density at radius 1 is 1.35 bits per heavy atom. The molecule has 1 saturated heterocycles. The molecule has 0 aliphatic carbocycles. The van der Waals surface area contributed by atoms with Crippen LogP contribution in [0.1, 0.15) is 12.0 Å². The van der Waals surface area contributed by atoms with Gasteiger partial charge in [-0.15, -0.1) is 0 Å². The van der Waals surface area contributed by atoms with E-state index in [1.807, 2.05) is 0 Å². The van der Waals surface area contributed by atoms with E-state index in [0.717, 1.165) is 30.9 Å². The van der Waals surface area contributed by atoms with Crippen molar-refractivity contribution in [1.29, 1.82) is 0 Å². The third-order valence-electron chi connectivity index (χ3n) is 3.35. The Labute approximate surface area is 117 Å². The van der Waals surface area contributed by atoms with E-state index in [1.165, 1.54) is 6.07 Å². The number of nitrogens with zero attached hydrogens (tertiary/aromatic N) is 1. The van der Waals surface area contributed by atoms with Gasteiger partial charge in [0.2, 0.25) is 10.0 Å². The zero-order chi connectivity index (χ0) is 14.8. The first-order valence-corrected chi connectivity index (χ1v) is 8.36. The van der Waals surface area contributed by atoms with Gasteiger partial charge in [0.25, 0.3) is 0 Å². The molecular weight excluding hydrogens is 286 g/mol. The number of likely N-dealkylation sites (tertiary alicyclic amines) is 1. The number of hydrogen-bond acceptors (Lipinski definition) is 3. The first kappa shape index (κ1) is 15.3. The highest BCUT2D eigenvalue weighted by Gasteiger charge is 2.24. The van der Waals surface area contributed by atoms with Crippen molar-refractivity contribution in [3.63, 3.8) is 0 Å². The summed E-state index contributed by atoms with van der Waals surface area (Å²) in [5.41, 5.74) is 0.739. The van der Waals surface area contributed by atoms with Crippen molar-refractivity contribution >= 4 is 10.0 Å². The highest BCUT2D eigenvalue weighted by atomic mass is 32.2. The summed E-state index contributed by atoms with van der Waals surface area (Å²) in [7, 11) is -3.18. The molecule has 0 spiro atoms. The van der Waals surface area contributed by atoms with Crippen LogP contribution < -0.4 is 4.72 Å². The van der Waals surface area contributed by atoms with Crippen LogP contribution >= 0.6 is 0 Å². The van der Waals surface area contributed by atoms with Crippen LogP contribution in [0, 0.1) is 11.6 Å². The molecule has 4 nitrogen and oxygen atoms in total. The molecular formula is C13H18F2N2O2S. The minimum absolute atomic E-state index is 0.0602. The standard InChI is InChI=1S/C13H18F2N2O2S/c1-20(18,19)16-11-5-7-17(9-11)6-4-10-2-3-12(14)13(15)8-10/h2-3,8,11,16H,4-7,9H2,1H3/t11-/m0/s1. The number of halogens is 2. The lowest BCUT2D eigenvalue weighted by Crippen LogP contribution is -2.36. The van der Waals surface area contributed by atoms with Gasteiger partial charge in [-0.05, 0) is 37.1 Å². The van der Waals surface area contributed by atoms with E-state index in [4.69, 9.17) is 0 Å². The van der Waals surface area contributed by atoms with Gasteiger partial charge in [-0.3, -0.25) is 0 Å². The average Bonchev–Trinajstić information content (AvgIpc) is 2.76. The molecule has 0 saturated carbocycles. The van der Waals surface area contributed by atoms with Gasteiger partial charge >= 0.3 is 0 Å². The van der Waals surface area contributed by atoms with Crippen LogP contribution in [0.3, 0.4) is 0 Å². The van der Waals surface area contributed by atoms with E-state index >= 15 is 0 Å². The van der Waals surface area contributed by atoms with Gasteiger partial charge in [0.1, 0.15) is 0 Å². The fourth-order valence-electron chi connectivity index (χ4n) is 2.42. The fraction of sp³-hybridized carbons (Fsp3) is 0.538. The normalized spacial score (nSPS) is 20.4. The number of rotatable bonds is 5. The highest BCUT2D eigenvalue weighted by molar-refractivity contribution is 7.88. The van der Waals surface area contributed by atoms with E-state index in [2.05, 4.69) is 9.62 Å². The van der Waals surface area contributed by atoms with Crippen LogP contribution in [0.2, 0.25) is 0 Å². The molecule has 2 rings (SSSR count). The second-order valence-corrected chi connectivity index (χ2v) is 6.95. The van der Waals surface area contributed by atoms with Gasteiger partial charge in [-0.2, -0.15) is 0 Å².